The summed E-state index contributed by atoms with van der Waals surface area (Å²) in [6, 6.07) is 10.1. The van der Waals surface area contributed by atoms with Crippen molar-refractivity contribution in [3.8, 4) is 0 Å². The number of benzene rings is 1. The number of rotatable bonds is 10. The van der Waals surface area contributed by atoms with E-state index in [2.05, 4.69) is 6.58 Å². The number of hydrogen-bond acceptors (Lipinski definition) is 3. The lowest BCUT2D eigenvalue weighted by atomic mass is 10.1. The average Bonchev–Trinajstić information content (AvgIpc) is 2.50. The number of esters is 1. The van der Waals surface area contributed by atoms with E-state index in [1.807, 2.05) is 42.5 Å². The van der Waals surface area contributed by atoms with Crippen molar-refractivity contribution >= 4 is 5.97 Å². The Kier molecular flexibility index (Phi) is 8.89. The normalized spacial score (nSPS) is 12.2. The van der Waals surface area contributed by atoms with Gasteiger partial charge in [0.25, 0.3) is 0 Å². The van der Waals surface area contributed by atoms with Gasteiger partial charge in [0, 0.05) is 6.08 Å². The van der Waals surface area contributed by atoms with Gasteiger partial charge in [0.05, 0.1) is 19.3 Å². The molecule has 1 unspecified atom stereocenters. The lowest BCUT2D eigenvalue weighted by Crippen LogP contribution is -2.11. The maximum atomic E-state index is 11.2. The number of allylic oxidation sites excluding steroid dienone is 1. The molecule has 3 nitrogen and oxygen atoms in total. The second kappa shape index (κ2) is 10.9. The minimum absolute atomic E-state index is 0.120. The van der Waals surface area contributed by atoms with E-state index in [0.717, 1.165) is 24.8 Å². The molecule has 0 N–H and O–H groups in total. The third kappa shape index (κ3) is 8.10. The van der Waals surface area contributed by atoms with E-state index < -0.39 is 0 Å². The van der Waals surface area contributed by atoms with Crippen molar-refractivity contribution in [1.29, 1.82) is 0 Å². The molecular formula is C18H24O3. The summed E-state index contributed by atoms with van der Waals surface area (Å²) in [7, 11) is 0. The van der Waals surface area contributed by atoms with Crippen LogP contribution in [0.5, 0.6) is 0 Å². The molecule has 0 amide bonds. The Bertz CT molecular complexity index is 437. The van der Waals surface area contributed by atoms with Gasteiger partial charge < -0.3 is 9.47 Å². The van der Waals surface area contributed by atoms with Gasteiger partial charge in [-0.05, 0) is 31.7 Å². The molecule has 0 aliphatic carbocycles. The molecule has 0 saturated carbocycles. The Balaban J connectivity index is 2.32. The molecule has 114 valence electrons. The Hall–Kier alpha value is -1.87. The van der Waals surface area contributed by atoms with E-state index >= 15 is 0 Å². The highest BCUT2D eigenvalue weighted by Gasteiger charge is 2.06. The van der Waals surface area contributed by atoms with Gasteiger partial charge >= 0.3 is 5.97 Å². The number of hydrogen-bond donors (Lipinski definition) is 0. The Labute approximate surface area is 127 Å². The quantitative estimate of drug-likeness (QED) is 0.370. The summed E-state index contributed by atoms with van der Waals surface area (Å²) in [6.45, 7) is 6.56. The molecule has 0 heterocycles. The summed E-state index contributed by atoms with van der Waals surface area (Å²) in [4.78, 5) is 11.2. The van der Waals surface area contributed by atoms with Crippen molar-refractivity contribution in [3.63, 3.8) is 0 Å². The van der Waals surface area contributed by atoms with Gasteiger partial charge in [-0.2, -0.15) is 0 Å². The van der Waals surface area contributed by atoms with E-state index in [0.29, 0.717) is 13.2 Å². The second-order valence-electron chi connectivity index (χ2n) is 4.67. The molecule has 0 spiro atoms. The summed E-state index contributed by atoms with van der Waals surface area (Å²) < 4.78 is 10.7. The summed E-state index contributed by atoms with van der Waals surface area (Å²) in [5.41, 5.74) is 1.16. The van der Waals surface area contributed by atoms with Crippen LogP contribution < -0.4 is 0 Å². The Morgan fingerprint density at radius 3 is 2.76 bits per heavy atom. The van der Waals surface area contributed by atoms with Crippen molar-refractivity contribution in [2.45, 2.75) is 38.9 Å². The minimum Gasteiger partial charge on any atom is -0.463 e. The Morgan fingerprint density at radius 2 is 2.10 bits per heavy atom. The molecule has 1 rings (SSSR count). The van der Waals surface area contributed by atoms with Crippen molar-refractivity contribution in [3.05, 3.63) is 60.7 Å². The fourth-order valence-corrected chi connectivity index (χ4v) is 1.90. The average molecular weight is 288 g/mol. The van der Waals surface area contributed by atoms with Crippen LogP contribution in [0.2, 0.25) is 0 Å². The Morgan fingerprint density at radius 1 is 1.33 bits per heavy atom. The fraction of sp³-hybridized carbons (Fsp3) is 0.389. The molecule has 0 bridgehead atoms. The first-order valence-corrected chi connectivity index (χ1v) is 7.36. The number of ether oxygens (including phenoxy) is 2. The molecule has 1 aromatic carbocycles. The standard InChI is InChI=1S/C18H24O3/c1-3-10-17(13-8-9-14-18(19)20-4-2)21-15-16-11-6-5-7-12-16/h3,5-7,9,11-12,14,17H,1,4,8,10,13,15H2,2H3/b14-9+. The SMILES string of the molecule is C=CCC(CC/C=C/C(=O)OCC)OCc1ccccc1. The van der Waals surface area contributed by atoms with Gasteiger partial charge in [-0.1, -0.05) is 42.5 Å². The lowest BCUT2D eigenvalue weighted by Gasteiger charge is -2.15. The molecule has 0 aliphatic rings. The molecule has 1 aromatic rings. The molecule has 21 heavy (non-hydrogen) atoms. The van der Waals surface area contributed by atoms with E-state index in [1.165, 1.54) is 6.08 Å². The molecule has 0 saturated heterocycles. The first-order valence-electron chi connectivity index (χ1n) is 7.36. The summed E-state index contributed by atoms with van der Waals surface area (Å²) >= 11 is 0. The molecule has 0 aromatic heterocycles. The highest BCUT2D eigenvalue weighted by atomic mass is 16.5. The maximum absolute atomic E-state index is 11.2. The first-order chi connectivity index (χ1) is 10.3. The van der Waals surface area contributed by atoms with E-state index in [1.54, 1.807) is 6.92 Å². The minimum atomic E-state index is -0.289. The topological polar surface area (TPSA) is 35.5 Å². The zero-order valence-electron chi connectivity index (χ0n) is 12.7. The van der Waals surface area contributed by atoms with Crippen LogP contribution in [0.15, 0.2) is 55.1 Å². The lowest BCUT2D eigenvalue weighted by molar-refractivity contribution is -0.137. The predicted octanol–water partition coefficient (Wildman–Crippen LogP) is 4.05. The van der Waals surface area contributed by atoms with Crippen molar-refractivity contribution in [2.24, 2.45) is 0 Å². The van der Waals surface area contributed by atoms with Gasteiger partial charge in [0.1, 0.15) is 0 Å². The zero-order chi connectivity index (χ0) is 15.3. The molecular weight excluding hydrogens is 264 g/mol. The molecule has 3 heteroatoms. The van der Waals surface area contributed by atoms with Crippen LogP contribution in [0.4, 0.5) is 0 Å². The smallest absolute Gasteiger partial charge is 0.330 e. The molecule has 0 radical (unpaired) electrons. The van der Waals surface area contributed by atoms with E-state index in [9.17, 15) is 4.79 Å². The maximum Gasteiger partial charge on any atom is 0.330 e. The first kappa shape index (κ1) is 17.2. The van der Waals surface area contributed by atoms with Crippen LogP contribution in [-0.4, -0.2) is 18.7 Å². The summed E-state index contributed by atoms with van der Waals surface area (Å²) in [5, 5.41) is 0. The summed E-state index contributed by atoms with van der Waals surface area (Å²) in [5.74, 6) is -0.289. The second-order valence-corrected chi connectivity index (χ2v) is 4.67. The van der Waals surface area contributed by atoms with Gasteiger partial charge in [-0.25, -0.2) is 4.79 Å². The van der Waals surface area contributed by atoms with Crippen LogP contribution >= 0.6 is 0 Å². The van der Waals surface area contributed by atoms with Gasteiger partial charge in [-0.3, -0.25) is 0 Å². The van der Waals surface area contributed by atoms with Gasteiger partial charge in [0.15, 0.2) is 0 Å². The largest absolute Gasteiger partial charge is 0.463 e. The molecule has 1 atom stereocenters. The summed E-state index contributed by atoms with van der Waals surface area (Å²) in [6.07, 6.45) is 7.74. The monoisotopic (exact) mass is 288 g/mol. The third-order valence-electron chi connectivity index (χ3n) is 2.95. The fourth-order valence-electron chi connectivity index (χ4n) is 1.90. The predicted molar refractivity (Wildman–Crippen MR) is 84.8 cm³/mol. The number of carbonyl (C=O) groups excluding carboxylic acids is 1. The van der Waals surface area contributed by atoms with Crippen molar-refractivity contribution in [2.75, 3.05) is 6.61 Å². The number of carbonyl (C=O) groups is 1. The van der Waals surface area contributed by atoms with E-state index in [-0.39, 0.29) is 12.1 Å². The molecule has 0 aliphatic heterocycles. The van der Waals surface area contributed by atoms with Crippen LogP contribution in [0.3, 0.4) is 0 Å². The van der Waals surface area contributed by atoms with Crippen LogP contribution in [-0.2, 0) is 20.9 Å². The highest BCUT2D eigenvalue weighted by Crippen LogP contribution is 2.12. The van der Waals surface area contributed by atoms with Crippen molar-refractivity contribution < 1.29 is 14.3 Å². The zero-order valence-corrected chi connectivity index (χ0v) is 12.7. The third-order valence-corrected chi connectivity index (χ3v) is 2.95. The van der Waals surface area contributed by atoms with E-state index in [4.69, 9.17) is 9.47 Å². The van der Waals surface area contributed by atoms with Gasteiger partial charge in [0.2, 0.25) is 0 Å². The van der Waals surface area contributed by atoms with Crippen LogP contribution in [0, 0.1) is 0 Å². The molecule has 0 fully saturated rings. The van der Waals surface area contributed by atoms with Gasteiger partial charge in [-0.15, -0.1) is 6.58 Å². The van der Waals surface area contributed by atoms with Crippen LogP contribution in [0.1, 0.15) is 31.7 Å². The van der Waals surface area contributed by atoms with Crippen molar-refractivity contribution in [1.82, 2.24) is 0 Å². The highest BCUT2D eigenvalue weighted by molar-refractivity contribution is 5.81. The van der Waals surface area contributed by atoms with Crippen LogP contribution in [0.25, 0.3) is 0 Å².